The molecule has 13 heavy (non-hydrogen) atoms. The third-order valence-electron chi connectivity index (χ3n) is 1.99. The minimum Gasteiger partial charge on any atom is -0.303 e. The second-order valence-electron chi connectivity index (χ2n) is 2.87. The minimum atomic E-state index is 0.0202. The molecule has 1 atom stereocenters. The number of terminal acetylenes is 1. The number of rotatable bonds is 2. The Morgan fingerprint density at radius 3 is 2.77 bits per heavy atom. The fraction of sp³-hybridized carbons (Fsp3) is 0.273. The highest BCUT2D eigenvalue weighted by Gasteiger charge is 2.09. The SMILES string of the molecule is C#CC(NC)c1cccc(C)c1I. The first-order chi connectivity index (χ1) is 6.20. The molecule has 0 spiro atoms. The van der Waals surface area contributed by atoms with Crippen LogP contribution in [0.25, 0.3) is 0 Å². The first-order valence-corrected chi connectivity index (χ1v) is 5.17. The summed E-state index contributed by atoms with van der Waals surface area (Å²) in [6.45, 7) is 2.09. The number of nitrogens with one attached hydrogen (secondary N) is 1. The summed E-state index contributed by atoms with van der Waals surface area (Å²) in [5.74, 6) is 2.72. The van der Waals surface area contributed by atoms with E-state index in [0.717, 1.165) is 0 Å². The maximum Gasteiger partial charge on any atom is 0.0951 e. The predicted molar refractivity (Wildman–Crippen MR) is 64.5 cm³/mol. The van der Waals surface area contributed by atoms with Crippen molar-refractivity contribution in [2.45, 2.75) is 13.0 Å². The molecule has 1 N–H and O–H groups in total. The maximum atomic E-state index is 5.42. The van der Waals surface area contributed by atoms with Gasteiger partial charge in [-0.3, -0.25) is 0 Å². The van der Waals surface area contributed by atoms with Crippen LogP contribution in [0, 0.1) is 22.8 Å². The predicted octanol–water partition coefficient (Wildman–Crippen LogP) is 2.49. The number of hydrogen-bond acceptors (Lipinski definition) is 1. The average Bonchev–Trinajstić information content (AvgIpc) is 2.14. The van der Waals surface area contributed by atoms with Gasteiger partial charge in [-0.25, -0.2) is 0 Å². The second-order valence-corrected chi connectivity index (χ2v) is 3.95. The summed E-state index contributed by atoms with van der Waals surface area (Å²) in [5, 5.41) is 3.10. The van der Waals surface area contributed by atoms with Crippen LogP contribution in [0.1, 0.15) is 17.2 Å². The molecular weight excluding hydrogens is 273 g/mol. The van der Waals surface area contributed by atoms with Gasteiger partial charge in [-0.2, -0.15) is 0 Å². The molecule has 0 aromatic heterocycles. The second kappa shape index (κ2) is 4.64. The van der Waals surface area contributed by atoms with Gasteiger partial charge in [-0.15, -0.1) is 6.42 Å². The van der Waals surface area contributed by atoms with Gasteiger partial charge in [0.1, 0.15) is 0 Å². The molecule has 0 fully saturated rings. The van der Waals surface area contributed by atoms with Gasteiger partial charge in [0, 0.05) is 3.57 Å². The standard InChI is InChI=1S/C11H12IN/c1-4-10(13-3)9-7-5-6-8(2)11(9)12/h1,5-7,10,13H,2-3H3. The van der Waals surface area contributed by atoms with Gasteiger partial charge in [-0.05, 0) is 47.7 Å². The molecule has 1 aromatic carbocycles. The molecule has 0 heterocycles. The molecular formula is C11H12IN. The van der Waals surface area contributed by atoms with Crippen LogP contribution in [0.3, 0.4) is 0 Å². The molecule has 0 aliphatic rings. The molecule has 0 radical (unpaired) electrons. The van der Waals surface area contributed by atoms with Crippen molar-refractivity contribution in [1.82, 2.24) is 5.32 Å². The van der Waals surface area contributed by atoms with Crippen molar-refractivity contribution in [3.8, 4) is 12.3 Å². The summed E-state index contributed by atoms with van der Waals surface area (Å²) in [7, 11) is 1.88. The minimum absolute atomic E-state index is 0.0202. The summed E-state index contributed by atoms with van der Waals surface area (Å²) < 4.78 is 1.25. The van der Waals surface area contributed by atoms with Crippen molar-refractivity contribution < 1.29 is 0 Å². The number of benzene rings is 1. The normalized spacial score (nSPS) is 12.2. The molecule has 0 aliphatic carbocycles. The first kappa shape index (κ1) is 10.6. The Balaban J connectivity index is 3.15. The Bertz CT molecular complexity index is 338. The Morgan fingerprint density at radius 2 is 2.23 bits per heavy atom. The van der Waals surface area contributed by atoms with E-state index in [1.807, 2.05) is 13.1 Å². The fourth-order valence-corrected chi connectivity index (χ4v) is 1.89. The molecule has 2 heteroatoms. The van der Waals surface area contributed by atoms with Gasteiger partial charge in [0.2, 0.25) is 0 Å². The molecule has 1 nitrogen and oxygen atoms in total. The van der Waals surface area contributed by atoms with Crippen molar-refractivity contribution in [3.63, 3.8) is 0 Å². The highest BCUT2D eigenvalue weighted by molar-refractivity contribution is 14.1. The molecule has 1 unspecified atom stereocenters. The molecule has 0 saturated heterocycles. The molecule has 68 valence electrons. The quantitative estimate of drug-likeness (QED) is 0.650. The largest absolute Gasteiger partial charge is 0.303 e. The third kappa shape index (κ3) is 2.23. The summed E-state index contributed by atoms with van der Waals surface area (Å²) in [6.07, 6.45) is 5.42. The van der Waals surface area contributed by atoms with E-state index in [2.05, 4.69) is 52.9 Å². The van der Waals surface area contributed by atoms with Crippen LogP contribution in [0.4, 0.5) is 0 Å². The van der Waals surface area contributed by atoms with Crippen LogP contribution in [0.15, 0.2) is 18.2 Å². The average molecular weight is 285 g/mol. The lowest BCUT2D eigenvalue weighted by atomic mass is 10.1. The van der Waals surface area contributed by atoms with E-state index >= 15 is 0 Å². The Labute approximate surface area is 93.1 Å². The van der Waals surface area contributed by atoms with Crippen molar-refractivity contribution >= 4 is 22.6 Å². The van der Waals surface area contributed by atoms with Gasteiger partial charge in [0.15, 0.2) is 0 Å². The van der Waals surface area contributed by atoms with Gasteiger partial charge < -0.3 is 5.32 Å². The van der Waals surface area contributed by atoms with E-state index in [-0.39, 0.29) is 6.04 Å². The molecule has 0 saturated carbocycles. The number of halogens is 1. The zero-order valence-electron chi connectivity index (χ0n) is 7.76. The third-order valence-corrected chi connectivity index (χ3v) is 3.46. The lowest BCUT2D eigenvalue weighted by Gasteiger charge is -2.13. The van der Waals surface area contributed by atoms with Crippen LogP contribution < -0.4 is 5.32 Å². The fourth-order valence-electron chi connectivity index (χ4n) is 1.22. The Hall–Kier alpha value is -0.530. The van der Waals surface area contributed by atoms with E-state index in [0.29, 0.717) is 0 Å². The monoisotopic (exact) mass is 285 g/mol. The lowest BCUT2D eigenvalue weighted by Crippen LogP contribution is -2.15. The van der Waals surface area contributed by atoms with Gasteiger partial charge in [0.25, 0.3) is 0 Å². The van der Waals surface area contributed by atoms with Gasteiger partial charge in [-0.1, -0.05) is 24.1 Å². The Morgan fingerprint density at radius 1 is 1.54 bits per heavy atom. The molecule has 0 amide bonds. The van der Waals surface area contributed by atoms with E-state index in [1.165, 1.54) is 14.7 Å². The van der Waals surface area contributed by atoms with Crippen molar-refractivity contribution in [1.29, 1.82) is 0 Å². The highest BCUT2D eigenvalue weighted by Crippen LogP contribution is 2.22. The highest BCUT2D eigenvalue weighted by atomic mass is 127. The smallest absolute Gasteiger partial charge is 0.0951 e. The van der Waals surface area contributed by atoms with Crippen LogP contribution in [0.5, 0.6) is 0 Å². The topological polar surface area (TPSA) is 12.0 Å². The first-order valence-electron chi connectivity index (χ1n) is 4.09. The van der Waals surface area contributed by atoms with Crippen LogP contribution in [0.2, 0.25) is 0 Å². The summed E-state index contributed by atoms with van der Waals surface area (Å²) >= 11 is 2.33. The Kier molecular flexibility index (Phi) is 3.76. The zero-order chi connectivity index (χ0) is 9.84. The van der Waals surface area contributed by atoms with Crippen molar-refractivity contribution in [2.75, 3.05) is 7.05 Å². The van der Waals surface area contributed by atoms with Gasteiger partial charge >= 0.3 is 0 Å². The molecule has 1 aromatic rings. The molecule has 1 rings (SSSR count). The molecule has 0 bridgehead atoms. The summed E-state index contributed by atoms with van der Waals surface area (Å²) in [5.41, 5.74) is 2.46. The van der Waals surface area contributed by atoms with E-state index in [4.69, 9.17) is 6.42 Å². The van der Waals surface area contributed by atoms with Gasteiger partial charge in [0.05, 0.1) is 6.04 Å². The summed E-state index contributed by atoms with van der Waals surface area (Å²) in [6, 6.07) is 6.21. The zero-order valence-corrected chi connectivity index (χ0v) is 9.92. The summed E-state index contributed by atoms with van der Waals surface area (Å²) in [4.78, 5) is 0. The van der Waals surface area contributed by atoms with E-state index in [9.17, 15) is 0 Å². The van der Waals surface area contributed by atoms with Crippen LogP contribution in [-0.4, -0.2) is 7.05 Å². The van der Waals surface area contributed by atoms with E-state index in [1.54, 1.807) is 0 Å². The van der Waals surface area contributed by atoms with Crippen molar-refractivity contribution in [3.05, 3.63) is 32.9 Å². The lowest BCUT2D eigenvalue weighted by molar-refractivity contribution is 0.732. The van der Waals surface area contributed by atoms with E-state index < -0.39 is 0 Å². The van der Waals surface area contributed by atoms with Crippen LogP contribution >= 0.6 is 22.6 Å². The van der Waals surface area contributed by atoms with Crippen LogP contribution in [-0.2, 0) is 0 Å². The number of hydrogen-bond donors (Lipinski definition) is 1. The number of aryl methyl sites for hydroxylation is 1. The molecule has 0 aliphatic heterocycles. The maximum absolute atomic E-state index is 5.42. The van der Waals surface area contributed by atoms with Crippen molar-refractivity contribution in [2.24, 2.45) is 0 Å².